The molecule has 0 radical (unpaired) electrons. The largest absolute Gasteiger partial charge is 0.330 e. The number of rotatable bonds is 6. The Kier molecular flexibility index (Phi) is 4.24. The van der Waals surface area contributed by atoms with Crippen LogP contribution in [0.5, 0.6) is 0 Å². The van der Waals surface area contributed by atoms with E-state index in [1.165, 1.54) is 25.7 Å². The molecular weight excluding hydrogens is 158 g/mol. The quantitative estimate of drug-likeness (QED) is 0.673. The standard InChI is InChI=1S/C12H25N/c1-4-11(8-13)5-9(2)6-12-7-10(12)3/h9-12H,4-8,13H2,1-3H3. The summed E-state index contributed by atoms with van der Waals surface area (Å²) in [4.78, 5) is 0. The van der Waals surface area contributed by atoms with Crippen molar-refractivity contribution in [1.29, 1.82) is 0 Å². The van der Waals surface area contributed by atoms with Gasteiger partial charge >= 0.3 is 0 Å². The minimum absolute atomic E-state index is 0.768. The van der Waals surface area contributed by atoms with Crippen LogP contribution < -0.4 is 5.73 Å². The summed E-state index contributed by atoms with van der Waals surface area (Å²) in [5.74, 6) is 3.72. The Balaban J connectivity index is 2.12. The van der Waals surface area contributed by atoms with Crippen LogP contribution >= 0.6 is 0 Å². The minimum Gasteiger partial charge on any atom is -0.330 e. The average molecular weight is 183 g/mol. The lowest BCUT2D eigenvalue weighted by molar-refractivity contribution is 0.355. The highest BCUT2D eigenvalue weighted by atomic mass is 14.5. The van der Waals surface area contributed by atoms with Crippen LogP contribution in [0.4, 0.5) is 0 Å². The van der Waals surface area contributed by atoms with Crippen LogP contribution in [0.15, 0.2) is 0 Å². The molecule has 1 saturated carbocycles. The van der Waals surface area contributed by atoms with Gasteiger partial charge in [0.25, 0.3) is 0 Å². The first-order valence-corrected chi connectivity index (χ1v) is 5.87. The summed E-state index contributed by atoms with van der Waals surface area (Å²) in [5.41, 5.74) is 5.71. The molecule has 4 atom stereocenters. The summed E-state index contributed by atoms with van der Waals surface area (Å²) < 4.78 is 0. The predicted molar refractivity (Wildman–Crippen MR) is 58.5 cm³/mol. The molecule has 0 saturated heterocycles. The van der Waals surface area contributed by atoms with Gasteiger partial charge in [0.15, 0.2) is 0 Å². The normalized spacial score (nSPS) is 31.4. The van der Waals surface area contributed by atoms with Gasteiger partial charge < -0.3 is 5.73 Å². The monoisotopic (exact) mass is 183 g/mol. The van der Waals surface area contributed by atoms with Crippen LogP contribution in [0.25, 0.3) is 0 Å². The van der Waals surface area contributed by atoms with E-state index in [0.29, 0.717) is 0 Å². The van der Waals surface area contributed by atoms with Gasteiger partial charge in [0, 0.05) is 0 Å². The SMILES string of the molecule is CCC(CN)CC(C)CC1CC1C. The molecule has 1 aliphatic rings. The molecular formula is C12H25N. The third-order valence-electron chi connectivity index (χ3n) is 3.63. The number of hydrogen-bond donors (Lipinski definition) is 1. The van der Waals surface area contributed by atoms with Crippen molar-refractivity contribution in [3.63, 3.8) is 0 Å². The van der Waals surface area contributed by atoms with E-state index >= 15 is 0 Å². The molecule has 1 rings (SSSR count). The second-order valence-corrected chi connectivity index (χ2v) is 5.06. The molecule has 1 heteroatoms. The van der Waals surface area contributed by atoms with Crippen LogP contribution in [-0.4, -0.2) is 6.54 Å². The zero-order chi connectivity index (χ0) is 9.84. The molecule has 2 N–H and O–H groups in total. The van der Waals surface area contributed by atoms with Gasteiger partial charge in [-0.25, -0.2) is 0 Å². The zero-order valence-corrected chi connectivity index (χ0v) is 9.42. The summed E-state index contributed by atoms with van der Waals surface area (Å²) >= 11 is 0. The van der Waals surface area contributed by atoms with E-state index in [0.717, 1.165) is 30.2 Å². The minimum atomic E-state index is 0.768. The van der Waals surface area contributed by atoms with Crippen molar-refractivity contribution in [2.24, 2.45) is 29.4 Å². The molecule has 0 spiro atoms. The van der Waals surface area contributed by atoms with E-state index in [1.54, 1.807) is 0 Å². The van der Waals surface area contributed by atoms with Gasteiger partial charge in [-0.2, -0.15) is 0 Å². The van der Waals surface area contributed by atoms with E-state index in [4.69, 9.17) is 5.73 Å². The van der Waals surface area contributed by atoms with Crippen LogP contribution in [0.1, 0.15) is 46.5 Å². The maximum absolute atomic E-state index is 5.71. The van der Waals surface area contributed by atoms with Gasteiger partial charge in [0.05, 0.1) is 0 Å². The third-order valence-corrected chi connectivity index (χ3v) is 3.63. The van der Waals surface area contributed by atoms with E-state index in [9.17, 15) is 0 Å². The Morgan fingerprint density at radius 2 is 2.08 bits per heavy atom. The molecule has 0 aromatic rings. The molecule has 1 fully saturated rings. The highest BCUT2D eigenvalue weighted by molar-refractivity contribution is 4.83. The number of nitrogens with two attached hydrogens (primary N) is 1. The first-order valence-electron chi connectivity index (χ1n) is 5.87. The fourth-order valence-electron chi connectivity index (χ4n) is 2.34. The fourth-order valence-corrected chi connectivity index (χ4v) is 2.34. The summed E-state index contributed by atoms with van der Waals surface area (Å²) in [6.07, 6.45) is 5.51. The van der Waals surface area contributed by atoms with Gasteiger partial charge in [-0.3, -0.25) is 0 Å². The molecule has 1 aliphatic carbocycles. The lowest BCUT2D eigenvalue weighted by Crippen LogP contribution is -2.16. The zero-order valence-electron chi connectivity index (χ0n) is 9.42. The molecule has 0 bridgehead atoms. The first kappa shape index (κ1) is 11.0. The van der Waals surface area contributed by atoms with Crippen LogP contribution in [0.2, 0.25) is 0 Å². The van der Waals surface area contributed by atoms with Gasteiger partial charge in [-0.15, -0.1) is 0 Å². The van der Waals surface area contributed by atoms with E-state index in [-0.39, 0.29) is 0 Å². The molecule has 0 aliphatic heterocycles. The molecule has 0 heterocycles. The Morgan fingerprint density at radius 3 is 2.46 bits per heavy atom. The Hall–Kier alpha value is -0.0400. The Bertz CT molecular complexity index is 140. The average Bonchev–Trinajstić information content (AvgIpc) is 2.77. The van der Waals surface area contributed by atoms with Crippen molar-refractivity contribution in [2.45, 2.75) is 46.5 Å². The van der Waals surface area contributed by atoms with Crippen molar-refractivity contribution in [3.05, 3.63) is 0 Å². The number of hydrogen-bond acceptors (Lipinski definition) is 1. The summed E-state index contributed by atoms with van der Waals surface area (Å²) in [6.45, 7) is 7.89. The van der Waals surface area contributed by atoms with E-state index in [2.05, 4.69) is 20.8 Å². The van der Waals surface area contributed by atoms with Crippen molar-refractivity contribution in [2.75, 3.05) is 6.54 Å². The van der Waals surface area contributed by atoms with Crippen LogP contribution in [-0.2, 0) is 0 Å². The molecule has 1 nitrogen and oxygen atoms in total. The second kappa shape index (κ2) is 4.99. The topological polar surface area (TPSA) is 26.0 Å². The van der Waals surface area contributed by atoms with Crippen molar-refractivity contribution >= 4 is 0 Å². The van der Waals surface area contributed by atoms with Crippen molar-refractivity contribution in [3.8, 4) is 0 Å². The molecule has 0 aromatic carbocycles. The fraction of sp³-hybridized carbons (Fsp3) is 1.00. The maximum Gasteiger partial charge on any atom is -0.00489 e. The Labute approximate surface area is 83.1 Å². The highest BCUT2D eigenvalue weighted by Crippen LogP contribution is 2.43. The van der Waals surface area contributed by atoms with Gasteiger partial charge in [-0.05, 0) is 49.5 Å². The summed E-state index contributed by atoms with van der Waals surface area (Å²) in [7, 11) is 0. The molecule has 0 amide bonds. The lowest BCUT2D eigenvalue weighted by Gasteiger charge is -2.17. The van der Waals surface area contributed by atoms with Gasteiger partial charge in [0.1, 0.15) is 0 Å². The molecule has 0 aromatic heterocycles. The van der Waals surface area contributed by atoms with Crippen LogP contribution in [0.3, 0.4) is 0 Å². The van der Waals surface area contributed by atoms with Gasteiger partial charge in [-0.1, -0.05) is 27.2 Å². The highest BCUT2D eigenvalue weighted by Gasteiger charge is 2.33. The van der Waals surface area contributed by atoms with Crippen LogP contribution in [0, 0.1) is 23.7 Å². The first-order chi connectivity index (χ1) is 6.17. The predicted octanol–water partition coefficient (Wildman–Crippen LogP) is 3.04. The molecule has 13 heavy (non-hydrogen) atoms. The molecule has 78 valence electrons. The van der Waals surface area contributed by atoms with Crippen molar-refractivity contribution in [1.82, 2.24) is 0 Å². The summed E-state index contributed by atoms with van der Waals surface area (Å²) in [5, 5.41) is 0. The van der Waals surface area contributed by atoms with Gasteiger partial charge in [0.2, 0.25) is 0 Å². The lowest BCUT2D eigenvalue weighted by atomic mass is 9.90. The smallest absolute Gasteiger partial charge is 0.00489 e. The molecule has 4 unspecified atom stereocenters. The van der Waals surface area contributed by atoms with E-state index in [1.807, 2.05) is 0 Å². The maximum atomic E-state index is 5.71. The van der Waals surface area contributed by atoms with Crippen molar-refractivity contribution < 1.29 is 0 Å². The van der Waals surface area contributed by atoms with E-state index < -0.39 is 0 Å². The third kappa shape index (κ3) is 3.68. The second-order valence-electron chi connectivity index (χ2n) is 5.06. The summed E-state index contributed by atoms with van der Waals surface area (Å²) in [6, 6.07) is 0. The Morgan fingerprint density at radius 1 is 1.46 bits per heavy atom.